The number of aromatic nitrogens is 1. The van der Waals surface area contributed by atoms with E-state index in [0.29, 0.717) is 43.9 Å². The fourth-order valence-corrected chi connectivity index (χ4v) is 4.23. The number of para-hydroxylation sites is 1. The van der Waals surface area contributed by atoms with Crippen LogP contribution in [0.5, 0.6) is 0 Å². The zero-order chi connectivity index (χ0) is 22.2. The number of aromatic amines is 1. The maximum Gasteiger partial charge on any atom is 0.222 e. The van der Waals surface area contributed by atoms with Gasteiger partial charge >= 0.3 is 0 Å². The van der Waals surface area contributed by atoms with E-state index < -0.39 is 0 Å². The van der Waals surface area contributed by atoms with E-state index in [4.69, 9.17) is 11.6 Å². The van der Waals surface area contributed by atoms with Crippen LogP contribution in [-0.2, 0) is 9.59 Å². The smallest absolute Gasteiger partial charge is 0.222 e. The van der Waals surface area contributed by atoms with Crippen LogP contribution in [0.4, 0.5) is 0 Å². The van der Waals surface area contributed by atoms with Crippen LogP contribution in [0.25, 0.3) is 10.9 Å². The summed E-state index contributed by atoms with van der Waals surface area (Å²) in [7, 11) is 0. The van der Waals surface area contributed by atoms with Gasteiger partial charge in [-0.05, 0) is 43.5 Å². The van der Waals surface area contributed by atoms with Crippen LogP contribution < -0.4 is 5.32 Å². The van der Waals surface area contributed by atoms with E-state index >= 15 is 0 Å². The second-order valence-corrected chi connectivity index (χ2v) is 7.99. The monoisotopic (exact) mass is 439 g/mol. The van der Waals surface area contributed by atoms with Crippen molar-refractivity contribution in [1.29, 1.82) is 0 Å². The summed E-state index contributed by atoms with van der Waals surface area (Å²) in [5.74, 6) is -0.0270. The first-order chi connectivity index (χ1) is 15.0. The summed E-state index contributed by atoms with van der Waals surface area (Å²) in [6, 6.07) is 15.9. The molecular weight excluding hydrogens is 410 g/mol. The molecule has 0 fully saturated rings. The quantitative estimate of drug-likeness (QED) is 0.461. The molecule has 0 aliphatic rings. The summed E-state index contributed by atoms with van der Waals surface area (Å²) >= 11 is 6.51. The lowest BCUT2D eigenvalue weighted by atomic mass is 9.90. The molecule has 0 saturated heterocycles. The predicted octanol–water partition coefficient (Wildman–Crippen LogP) is 5.11. The highest BCUT2D eigenvalue weighted by atomic mass is 35.5. The van der Waals surface area contributed by atoms with Crippen molar-refractivity contribution >= 4 is 34.3 Å². The molecule has 6 heteroatoms. The van der Waals surface area contributed by atoms with Crippen molar-refractivity contribution in [2.45, 2.75) is 39.0 Å². The maximum absolute atomic E-state index is 12.5. The summed E-state index contributed by atoms with van der Waals surface area (Å²) in [6.45, 7) is 5.77. The number of hydrogen-bond acceptors (Lipinski definition) is 2. The first-order valence-corrected chi connectivity index (χ1v) is 11.3. The third kappa shape index (κ3) is 5.67. The number of rotatable bonds is 10. The number of halogens is 1. The zero-order valence-corrected chi connectivity index (χ0v) is 18.9. The Balaban J connectivity index is 1.68. The van der Waals surface area contributed by atoms with Crippen LogP contribution in [0.15, 0.2) is 54.7 Å². The fraction of sp³-hybridized carbons (Fsp3) is 0.360. The van der Waals surface area contributed by atoms with Crippen LogP contribution in [0.3, 0.4) is 0 Å². The van der Waals surface area contributed by atoms with Gasteiger partial charge < -0.3 is 15.2 Å². The van der Waals surface area contributed by atoms with E-state index in [1.165, 1.54) is 0 Å². The lowest BCUT2D eigenvalue weighted by Gasteiger charge is -2.20. The zero-order valence-electron chi connectivity index (χ0n) is 18.2. The Morgan fingerprint density at radius 3 is 2.45 bits per heavy atom. The number of H-pyrrole nitrogens is 1. The van der Waals surface area contributed by atoms with E-state index in [-0.39, 0.29) is 17.7 Å². The first kappa shape index (κ1) is 22.9. The maximum atomic E-state index is 12.5. The number of nitrogens with one attached hydrogen (secondary N) is 2. The van der Waals surface area contributed by atoms with Crippen LogP contribution >= 0.6 is 11.6 Å². The summed E-state index contributed by atoms with van der Waals surface area (Å²) < 4.78 is 0. The van der Waals surface area contributed by atoms with Gasteiger partial charge in [0.2, 0.25) is 11.8 Å². The summed E-state index contributed by atoms with van der Waals surface area (Å²) in [5.41, 5.74) is 3.13. The number of fused-ring (bicyclic) bond motifs is 1. The molecule has 0 saturated carbocycles. The highest BCUT2D eigenvalue weighted by Crippen LogP contribution is 2.34. The molecule has 3 aromatic rings. The van der Waals surface area contributed by atoms with E-state index in [9.17, 15) is 9.59 Å². The molecule has 3 rings (SSSR count). The highest BCUT2D eigenvalue weighted by molar-refractivity contribution is 6.31. The lowest BCUT2D eigenvalue weighted by Crippen LogP contribution is -2.31. The Hall–Kier alpha value is -2.79. The second kappa shape index (κ2) is 11.0. The van der Waals surface area contributed by atoms with Crippen molar-refractivity contribution in [1.82, 2.24) is 15.2 Å². The number of hydrogen-bond donors (Lipinski definition) is 2. The number of nitrogens with zero attached hydrogens (tertiary/aromatic N) is 1. The number of benzene rings is 2. The highest BCUT2D eigenvalue weighted by Gasteiger charge is 2.21. The van der Waals surface area contributed by atoms with Gasteiger partial charge in [-0.1, -0.05) is 48.0 Å². The van der Waals surface area contributed by atoms with Crippen molar-refractivity contribution in [3.8, 4) is 0 Å². The van der Waals surface area contributed by atoms with Gasteiger partial charge in [0.1, 0.15) is 0 Å². The molecular formula is C25H30ClN3O2. The molecule has 1 unspecified atom stereocenters. The Morgan fingerprint density at radius 2 is 1.71 bits per heavy atom. The molecule has 2 amide bonds. The van der Waals surface area contributed by atoms with Crippen LogP contribution in [-0.4, -0.2) is 41.3 Å². The topological polar surface area (TPSA) is 65.2 Å². The van der Waals surface area contributed by atoms with Gasteiger partial charge in [0.05, 0.1) is 0 Å². The van der Waals surface area contributed by atoms with Gasteiger partial charge in [0.15, 0.2) is 0 Å². The summed E-state index contributed by atoms with van der Waals surface area (Å²) in [4.78, 5) is 29.8. The Kier molecular flexibility index (Phi) is 8.13. The van der Waals surface area contributed by atoms with Crippen LogP contribution in [0.2, 0.25) is 5.02 Å². The van der Waals surface area contributed by atoms with Crippen LogP contribution in [0.1, 0.15) is 50.2 Å². The van der Waals surface area contributed by atoms with Gasteiger partial charge in [-0.15, -0.1) is 0 Å². The van der Waals surface area contributed by atoms with Gasteiger partial charge in [0.25, 0.3) is 0 Å². The van der Waals surface area contributed by atoms with Gasteiger partial charge in [0, 0.05) is 60.5 Å². The molecule has 0 aliphatic carbocycles. The summed E-state index contributed by atoms with van der Waals surface area (Å²) in [6.07, 6.45) is 3.26. The molecule has 5 nitrogen and oxygen atoms in total. The Morgan fingerprint density at radius 1 is 1.00 bits per heavy atom. The minimum Gasteiger partial charge on any atom is -0.361 e. The van der Waals surface area contributed by atoms with E-state index in [1.807, 2.05) is 62.5 Å². The molecule has 0 radical (unpaired) electrons. The minimum atomic E-state index is -0.0777. The molecule has 2 aromatic carbocycles. The average Bonchev–Trinajstić information content (AvgIpc) is 3.20. The van der Waals surface area contributed by atoms with Crippen molar-refractivity contribution in [2.75, 3.05) is 19.6 Å². The average molecular weight is 440 g/mol. The molecule has 164 valence electrons. The van der Waals surface area contributed by atoms with E-state index in [1.54, 1.807) is 4.90 Å². The number of carbonyl (C=O) groups is 2. The molecule has 31 heavy (non-hydrogen) atoms. The SMILES string of the molecule is CCN(CC)C(=O)CCCC(=O)NCC(c1ccccc1Cl)c1c[nH]c2ccccc12. The second-order valence-electron chi connectivity index (χ2n) is 7.59. The molecule has 1 aromatic heterocycles. The first-order valence-electron chi connectivity index (χ1n) is 10.9. The van der Waals surface area contributed by atoms with Crippen molar-refractivity contribution in [3.05, 3.63) is 70.9 Å². The van der Waals surface area contributed by atoms with Gasteiger partial charge in [-0.3, -0.25) is 9.59 Å². The van der Waals surface area contributed by atoms with Crippen molar-refractivity contribution in [3.63, 3.8) is 0 Å². The van der Waals surface area contributed by atoms with Crippen LogP contribution in [0, 0.1) is 0 Å². The third-order valence-electron chi connectivity index (χ3n) is 5.69. The number of carbonyl (C=O) groups excluding carboxylic acids is 2. The normalized spacial score (nSPS) is 12.0. The fourth-order valence-electron chi connectivity index (χ4n) is 3.97. The van der Waals surface area contributed by atoms with E-state index in [2.05, 4.69) is 16.4 Å². The van der Waals surface area contributed by atoms with Crippen molar-refractivity contribution in [2.24, 2.45) is 0 Å². The molecule has 0 bridgehead atoms. The predicted molar refractivity (Wildman–Crippen MR) is 126 cm³/mol. The number of amides is 2. The standard InChI is InChI=1S/C25H30ClN3O2/c1-3-29(4-2)25(31)15-9-14-24(30)28-17-20(18-10-5-7-12-22(18)26)21-16-27-23-13-8-6-11-19(21)23/h5-8,10-13,16,20,27H,3-4,9,14-15,17H2,1-2H3,(H,28,30). The van der Waals surface area contributed by atoms with Crippen molar-refractivity contribution < 1.29 is 9.59 Å². The molecule has 1 heterocycles. The Labute approximate surface area is 188 Å². The minimum absolute atomic E-state index is 0.0516. The van der Waals surface area contributed by atoms with Gasteiger partial charge in [-0.2, -0.15) is 0 Å². The molecule has 2 N–H and O–H groups in total. The molecule has 0 aliphatic heterocycles. The largest absolute Gasteiger partial charge is 0.361 e. The van der Waals surface area contributed by atoms with E-state index in [0.717, 1.165) is 22.0 Å². The lowest BCUT2D eigenvalue weighted by molar-refractivity contribution is -0.131. The third-order valence-corrected chi connectivity index (χ3v) is 6.04. The Bertz CT molecular complexity index is 1030. The molecule has 0 spiro atoms. The summed E-state index contributed by atoms with van der Waals surface area (Å²) in [5, 5.41) is 4.85. The van der Waals surface area contributed by atoms with Gasteiger partial charge in [-0.25, -0.2) is 0 Å². The molecule has 1 atom stereocenters.